The number of likely N-dealkylation sites (N-methyl/N-ethyl adjacent to an activating group) is 1. The zero-order valence-electron chi connectivity index (χ0n) is 13.6. The molecule has 0 unspecified atom stereocenters. The summed E-state index contributed by atoms with van der Waals surface area (Å²) in [4.78, 5) is 2.21. The minimum atomic E-state index is -0.0419. The number of halogens is 1. The van der Waals surface area contributed by atoms with E-state index in [2.05, 4.69) is 85.7 Å². The van der Waals surface area contributed by atoms with Crippen molar-refractivity contribution >= 4 is 22.4 Å². The standard InChI is InChI=1S/C21H22ClN/c1-23(2)15-20(21(22)17-9-4-3-5-10-17)19-13-12-16-8-6-7-11-18(16)14-19/h3-14,20-21H,15H2,1-2H3/t20-,21+/m1/s1. The first-order valence-corrected chi connectivity index (χ1v) is 8.41. The Kier molecular flexibility index (Phi) is 5.00. The van der Waals surface area contributed by atoms with Crippen molar-refractivity contribution in [3.05, 3.63) is 83.9 Å². The molecular weight excluding hydrogens is 302 g/mol. The van der Waals surface area contributed by atoms with Gasteiger partial charge >= 0.3 is 0 Å². The van der Waals surface area contributed by atoms with Crippen LogP contribution in [0, 0.1) is 0 Å². The maximum atomic E-state index is 6.88. The van der Waals surface area contributed by atoms with Crippen LogP contribution in [-0.2, 0) is 0 Å². The number of benzene rings is 3. The van der Waals surface area contributed by atoms with Gasteiger partial charge in [-0.05, 0) is 36.0 Å². The van der Waals surface area contributed by atoms with Crippen LogP contribution in [0.1, 0.15) is 22.4 Å². The van der Waals surface area contributed by atoms with Crippen molar-refractivity contribution in [2.45, 2.75) is 11.3 Å². The Morgan fingerprint density at radius 2 is 1.43 bits per heavy atom. The smallest absolute Gasteiger partial charge is 0.0666 e. The van der Waals surface area contributed by atoms with E-state index in [-0.39, 0.29) is 11.3 Å². The van der Waals surface area contributed by atoms with E-state index in [1.807, 2.05) is 6.07 Å². The zero-order chi connectivity index (χ0) is 16.2. The monoisotopic (exact) mass is 323 g/mol. The maximum absolute atomic E-state index is 6.88. The predicted octanol–water partition coefficient (Wildman–Crippen LogP) is 5.47. The van der Waals surface area contributed by atoms with Gasteiger partial charge in [-0.3, -0.25) is 0 Å². The van der Waals surface area contributed by atoms with Crippen molar-refractivity contribution in [1.82, 2.24) is 4.90 Å². The van der Waals surface area contributed by atoms with Crippen molar-refractivity contribution in [2.24, 2.45) is 0 Å². The van der Waals surface area contributed by atoms with Crippen LogP contribution in [0.25, 0.3) is 10.8 Å². The molecule has 118 valence electrons. The van der Waals surface area contributed by atoms with Crippen molar-refractivity contribution in [3.8, 4) is 0 Å². The maximum Gasteiger partial charge on any atom is 0.0666 e. The molecule has 0 fully saturated rings. The second-order valence-corrected chi connectivity index (χ2v) is 6.76. The van der Waals surface area contributed by atoms with E-state index >= 15 is 0 Å². The van der Waals surface area contributed by atoms with Crippen molar-refractivity contribution in [2.75, 3.05) is 20.6 Å². The number of fused-ring (bicyclic) bond motifs is 1. The molecule has 0 heterocycles. The highest BCUT2D eigenvalue weighted by atomic mass is 35.5. The van der Waals surface area contributed by atoms with E-state index in [1.54, 1.807) is 0 Å². The molecular formula is C21H22ClN. The summed E-state index contributed by atoms with van der Waals surface area (Å²) in [6, 6.07) is 25.5. The van der Waals surface area contributed by atoms with Gasteiger partial charge in [0.05, 0.1) is 5.38 Å². The summed E-state index contributed by atoms with van der Waals surface area (Å²) in [5, 5.41) is 2.50. The van der Waals surface area contributed by atoms with Crippen molar-refractivity contribution in [1.29, 1.82) is 0 Å². The Morgan fingerprint density at radius 3 is 2.13 bits per heavy atom. The van der Waals surface area contributed by atoms with Gasteiger partial charge in [-0.1, -0.05) is 72.8 Å². The number of alkyl halides is 1. The first-order valence-electron chi connectivity index (χ1n) is 7.97. The molecule has 0 saturated carbocycles. The molecule has 1 nitrogen and oxygen atoms in total. The SMILES string of the molecule is CN(C)C[C@H](c1ccc2ccccc2c1)[C@@H](Cl)c1ccccc1. The molecule has 2 heteroatoms. The molecule has 0 spiro atoms. The normalized spacial score (nSPS) is 14.1. The van der Waals surface area contributed by atoms with Gasteiger partial charge in [0.1, 0.15) is 0 Å². The highest BCUT2D eigenvalue weighted by Crippen LogP contribution is 2.37. The van der Waals surface area contributed by atoms with Crippen LogP contribution in [0.15, 0.2) is 72.8 Å². The number of hydrogen-bond donors (Lipinski definition) is 0. The first kappa shape index (κ1) is 16.0. The van der Waals surface area contributed by atoms with E-state index in [4.69, 9.17) is 11.6 Å². The third-order valence-electron chi connectivity index (χ3n) is 4.23. The molecule has 0 saturated heterocycles. The number of hydrogen-bond acceptors (Lipinski definition) is 1. The Hall–Kier alpha value is -1.83. The van der Waals surface area contributed by atoms with Crippen LogP contribution in [-0.4, -0.2) is 25.5 Å². The van der Waals surface area contributed by atoms with Crippen LogP contribution in [0.5, 0.6) is 0 Å². The lowest BCUT2D eigenvalue weighted by molar-refractivity contribution is 0.368. The van der Waals surface area contributed by atoms with Crippen LogP contribution < -0.4 is 0 Å². The molecule has 0 aromatic heterocycles. The third kappa shape index (κ3) is 3.74. The van der Waals surface area contributed by atoms with Crippen LogP contribution in [0.4, 0.5) is 0 Å². The average Bonchev–Trinajstić information content (AvgIpc) is 2.59. The lowest BCUT2D eigenvalue weighted by Crippen LogP contribution is -2.23. The third-order valence-corrected chi connectivity index (χ3v) is 4.79. The Labute approximate surface area is 143 Å². The number of rotatable bonds is 5. The van der Waals surface area contributed by atoms with Crippen LogP contribution in [0.3, 0.4) is 0 Å². The molecule has 0 radical (unpaired) electrons. The molecule has 0 aliphatic carbocycles. The summed E-state index contributed by atoms with van der Waals surface area (Å²) >= 11 is 6.88. The predicted molar refractivity (Wildman–Crippen MR) is 100 cm³/mol. The average molecular weight is 324 g/mol. The van der Waals surface area contributed by atoms with Crippen molar-refractivity contribution < 1.29 is 0 Å². The lowest BCUT2D eigenvalue weighted by Gasteiger charge is -2.26. The lowest BCUT2D eigenvalue weighted by atomic mass is 9.89. The summed E-state index contributed by atoms with van der Waals surface area (Å²) in [7, 11) is 4.20. The topological polar surface area (TPSA) is 3.24 Å². The van der Waals surface area contributed by atoms with E-state index in [9.17, 15) is 0 Å². The van der Waals surface area contributed by atoms with Gasteiger partial charge < -0.3 is 4.90 Å². The summed E-state index contributed by atoms with van der Waals surface area (Å²) in [6.45, 7) is 0.918. The molecule has 0 bridgehead atoms. The molecule has 3 aromatic carbocycles. The van der Waals surface area contributed by atoms with Gasteiger partial charge in [-0.2, -0.15) is 0 Å². The summed E-state index contributed by atoms with van der Waals surface area (Å²) in [5.41, 5.74) is 2.47. The molecule has 3 rings (SSSR count). The second-order valence-electron chi connectivity index (χ2n) is 6.29. The first-order chi connectivity index (χ1) is 11.1. The van der Waals surface area contributed by atoms with Gasteiger partial charge in [0, 0.05) is 12.5 Å². The molecule has 0 amide bonds. The molecule has 2 atom stereocenters. The molecule has 3 aromatic rings. The van der Waals surface area contributed by atoms with Gasteiger partial charge in [-0.25, -0.2) is 0 Å². The fourth-order valence-corrected chi connectivity index (χ4v) is 3.44. The fourth-order valence-electron chi connectivity index (χ4n) is 3.07. The fraction of sp³-hybridized carbons (Fsp3) is 0.238. The Bertz CT molecular complexity index is 767. The molecule has 0 aliphatic heterocycles. The van der Waals surface area contributed by atoms with Crippen LogP contribution >= 0.6 is 11.6 Å². The number of nitrogens with zero attached hydrogens (tertiary/aromatic N) is 1. The highest BCUT2D eigenvalue weighted by molar-refractivity contribution is 6.21. The molecule has 0 aliphatic rings. The molecule has 0 N–H and O–H groups in total. The van der Waals surface area contributed by atoms with E-state index in [1.165, 1.54) is 21.9 Å². The quantitative estimate of drug-likeness (QED) is 0.563. The van der Waals surface area contributed by atoms with E-state index in [0.29, 0.717) is 0 Å². The second kappa shape index (κ2) is 7.16. The van der Waals surface area contributed by atoms with E-state index in [0.717, 1.165) is 6.54 Å². The largest absolute Gasteiger partial charge is 0.309 e. The van der Waals surface area contributed by atoms with Gasteiger partial charge in [0.25, 0.3) is 0 Å². The zero-order valence-corrected chi connectivity index (χ0v) is 14.4. The summed E-state index contributed by atoms with van der Waals surface area (Å²) in [6.07, 6.45) is 0. The molecule has 23 heavy (non-hydrogen) atoms. The highest BCUT2D eigenvalue weighted by Gasteiger charge is 2.23. The Balaban J connectivity index is 2.00. The Morgan fingerprint density at radius 1 is 0.783 bits per heavy atom. The minimum absolute atomic E-state index is 0.0419. The minimum Gasteiger partial charge on any atom is -0.309 e. The van der Waals surface area contributed by atoms with Crippen molar-refractivity contribution in [3.63, 3.8) is 0 Å². The van der Waals surface area contributed by atoms with Crippen LogP contribution in [0.2, 0.25) is 0 Å². The van der Waals surface area contributed by atoms with Gasteiger partial charge in [-0.15, -0.1) is 11.6 Å². The van der Waals surface area contributed by atoms with E-state index < -0.39 is 0 Å². The summed E-state index contributed by atoms with van der Waals surface area (Å²) < 4.78 is 0. The van der Waals surface area contributed by atoms with Gasteiger partial charge in [0.15, 0.2) is 0 Å². The van der Waals surface area contributed by atoms with Gasteiger partial charge in [0.2, 0.25) is 0 Å². The summed E-state index contributed by atoms with van der Waals surface area (Å²) in [5.74, 6) is 0.249.